The summed E-state index contributed by atoms with van der Waals surface area (Å²) >= 11 is 5.45. The van der Waals surface area contributed by atoms with Gasteiger partial charge in [0.15, 0.2) is 12.5 Å². The lowest BCUT2D eigenvalue weighted by molar-refractivity contribution is -0.274. The summed E-state index contributed by atoms with van der Waals surface area (Å²) in [6, 6.07) is -0.309. The maximum atomic E-state index is 12.8. The van der Waals surface area contributed by atoms with Crippen molar-refractivity contribution in [2.45, 2.75) is 67.2 Å². The molecule has 1 aromatic heterocycles. The van der Waals surface area contributed by atoms with E-state index in [4.69, 9.17) is 35.9 Å². The van der Waals surface area contributed by atoms with Gasteiger partial charge in [0.05, 0.1) is 25.4 Å². The molecule has 2 aliphatic heterocycles. The fourth-order valence-electron chi connectivity index (χ4n) is 4.26. The van der Waals surface area contributed by atoms with E-state index in [0.717, 1.165) is 10.8 Å². The third-order valence-corrected chi connectivity index (χ3v) is 7.54. The Kier molecular flexibility index (Phi) is 11.0. The summed E-state index contributed by atoms with van der Waals surface area (Å²) in [6.45, 7) is -1.96. The first-order chi connectivity index (χ1) is 19.2. The normalized spacial score (nSPS) is 34.9. The number of ether oxygens (including phenoxy) is 2. The number of phosphoric ester groups is 1. The molecule has 1 aromatic rings. The van der Waals surface area contributed by atoms with Crippen LogP contribution in [0.2, 0.25) is 0 Å². The molecular weight excluding hydrogens is 603 g/mol. The first-order valence-electron chi connectivity index (χ1n) is 11.9. The van der Waals surface area contributed by atoms with Gasteiger partial charge in [-0.3, -0.25) is 18.7 Å². The molecule has 0 bridgehead atoms. The number of anilines is 1. The van der Waals surface area contributed by atoms with Crippen LogP contribution in [0.1, 0.15) is 12.6 Å². The highest BCUT2D eigenvalue weighted by atomic mass is 35.5. The third kappa shape index (κ3) is 7.65. The van der Waals surface area contributed by atoms with Crippen LogP contribution >= 0.6 is 19.4 Å². The van der Waals surface area contributed by atoms with Crippen LogP contribution in [0.15, 0.2) is 17.1 Å². The Balaban J connectivity index is 1.75. The summed E-state index contributed by atoms with van der Waals surface area (Å²) < 4.78 is 34.1. The molecule has 21 heteroatoms. The molecule has 11 atom stereocenters. The van der Waals surface area contributed by atoms with Crippen molar-refractivity contribution in [3.8, 4) is 0 Å². The van der Waals surface area contributed by atoms with Crippen molar-refractivity contribution >= 4 is 37.4 Å². The number of hydrogen-bond donors (Lipinski definition) is 9. The van der Waals surface area contributed by atoms with Gasteiger partial charge in [-0.1, -0.05) is 0 Å². The predicted octanol–water partition coefficient (Wildman–Crippen LogP) is -4.94. The number of hydrogen-bond acceptors (Lipinski definition) is 16. The molecule has 41 heavy (non-hydrogen) atoms. The molecule has 0 spiro atoms. The number of nitrogens with one attached hydrogen (secondary N) is 1. The zero-order chi connectivity index (χ0) is 30.7. The predicted molar refractivity (Wildman–Crippen MR) is 132 cm³/mol. The van der Waals surface area contributed by atoms with Crippen LogP contribution < -0.4 is 16.7 Å². The number of aliphatic hydroxyl groups is 6. The van der Waals surface area contributed by atoms with Gasteiger partial charge in [-0.25, -0.2) is 13.9 Å². The minimum Gasteiger partial charge on any atom is -0.394 e. The number of nitrogens with two attached hydrogens (primary N) is 1. The summed E-state index contributed by atoms with van der Waals surface area (Å²) in [7, 11) is -5.36. The van der Waals surface area contributed by atoms with Crippen molar-refractivity contribution in [1.82, 2.24) is 14.9 Å². The summed E-state index contributed by atoms with van der Waals surface area (Å²) in [5.74, 6) is -4.35. The van der Waals surface area contributed by atoms with Crippen LogP contribution in [0.25, 0.3) is 0 Å². The molecule has 19 nitrogen and oxygen atoms in total. The number of carbonyl (C=O) groups excluding carboxylic acids is 2. The molecule has 232 valence electrons. The van der Waals surface area contributed by atoms with E-state index in [0.29, 0.717) is 0 Å². The van der Waals surface area contributed by atoms with Gasteiger partial charge in [0.2, 0.25) is 11.7 Å². The molecule has 2 fully saturated rings. The van der Waals surface area contributed by atoms with Gasteiger partial charge >= 0.3 is 13.5 Å². The smallest absolute Gasteiger partial charge is 0.394 e. The molecule has 3 heterocycles. The Bertz CT molecular complexity index is 1190. The number of nitrogens with zero attached hydrogens (tertiary/aromatic N) is 2. The zero-order valence-corrected chi connectivity index (χ0v) is 22.6. The fraction of sp³-hybridized carbons (Fsp3) is 0.700. The number of rotatable bonds is 12. The fourth-order valence-corrected chi connectivity index (χ4v) is 5.28. The quantitative estimate of drug-likeness (QED) is 0.0592. The van der Waals surface area contributed by atoms with Gasteiger partial charge in [0, 0.05) is 12.6 Å². The lowest BCUT2D eigenvalue weighted by Gasteiger charge is -2.46. The van der Waals surface area contributed by atoms with Crippen molar-refractivity contribution in [3.63, 3.8) is 0 Å². The van der Waals surface area contributed by atoms with E-state index < -0.39 is 106 Å². The second kappa shape index (κ2) is 13.5. The van der Waals surface area contributed by atoms with Crippen molar-refractivity contribution < 1.29 is 68.2 Å². The number of aldehydes is 1. The second-order valence-electron chi connectivity index (χ2n) is 9.20. The summed E-state index contributed by atoms with van der Waals surface area (Å²) in [6.07, 6.45) is -14.0. The van der Waals surface area contributed by atoms with Crippen LogP contribution in [0.3, 0.4) is 0 Å². The van der Waals surface area contributed by atoms with Crippen LogP contribution in [0.5, 0.6) is 0 Å². The molecule has 0 aliphatic carbocycles. The SMILES string of the molecule is Nc1ccn(C2OC(COP(=O)(O)O[C@@]3(C=O)C[C@@H](O)C(NC(=O)CCl)C([C@H](O)[C@H](O)CO)O3)[C@@H](O)[C@H]2O)c(=O)n1. The van der Waals surface area contributed by atoms with Gasteiger partial charge in [-0.15, -0.1) is 11.6 Å². The molecule has 3 rings (SSSR count). The lowest BCUT2D eigenvalue weighted by atomic mass is 9.89. The molecule has 0 radical (unpaired) electrons. The van der Waals surface area contributed by atoms with E-state index in [1.54, 1.807) is 0 Å². The summed E-state index contributed by atoms with van der Waals surface area (Å²) in [5.41, 5.74) is 4.49. The Morgan fingerprint density at radius 1 is 1.37 bits per heavy atom. The Morgan fingerprint density at radius 2 is 2.05 bits per heavy atom. The number of aromatic nitrogens is 2. The minimum absolute atomic E-state index is 0.120. The van der Waals surface area contributed by atoms with E-state index in [1.807, 2.05) is 0 Å². The lowest BCUT2D eigenvalue weighted by Crippen LogP contribution is -2.66. The number of nitrogen functional groups attached to an aromatic ring is 1. The maximum Gasteiger partial charge on any atom is 0.475 e. The van der Waals surface area contributed by atoms with Gasteiger partial charge in [0.1, 0.15) is 48.3 Å². The van der Waals surface area contributed by atoms with Gasteiger partial charge < -0.3 is 56.1 Å². The largest absolute Gasteiger partial charge is 0.475 e. The standard InChI is InChI=1S/C20H30ClN4O15P/c21-4-12(30)24-13-8(28)3-20(7-27,39-17(13)14(31)9(29)5-26)40-41(35,36)37-6-10-15(32)16(33)18(38-10)25-2-1-11(22)23-19(25)34/h1-2,7-10,13-18,26,28-29,31-33H,3-6H2,(H,24,30)(H,35,36)(H2,22,23,34)/t8-,9-,10?,13?,14-,15-,16-,17?,18?,20-/m1/s1. The first-order valence-corrected chi connectivity index (χ1v) is 13.9. The Morgan fingerprint density at radius 3 is 2.63 bits per heavy atom. The number of halogens is 1. The van der Waals surface area contributed by atoms with E-state index in [-0.39, 0.29) is 12.1 Å². The number of alkyl halides is 1. The molecule has 0 saturated carbocycles. The number of phosphoric acid groups is 1. The van der Waals surface area contributed by atoms with Crippen LogP contribution in [-0.4, -0.2) is 131 Å². The van der Waals surface area contributed by atoms with E-state index in [2.05, 4.69) is 10.3 Å². The average molecular weight is 633 g/mol. The Labute approximate surface area is 235 Å². The molecular formula is C20H30ClN4O15P. The van der Waals surface area contributed by atoms with E-state index in [1.165, 1.54) is 6.07 Å². The topological polar surface area (TPSA) is 303 Å². The highest BCUT2D eigenvalue weighted by Gasteiger charge is 2.55. The monoisotopic (exact) mass is 632 g/mol. The second-order valence-corrected chi connectivity index (χ2v) is 10.8. The van der Waals surface area contributed by atoms with Gasteiger partial charge in [0.25, 0.3) is 0 Å². The van der Waals surface area contributed by atoms with Crippen LogP contribution in [0.4, 0.5) is 5.82 Å². The maximum absolute atomic E-state index is 12.8. The number of aliphatic hydroxyl groups excluding tert-OH is 6. The first kappa shape index (κ1) is 33.4. The molecule has 0 aromatic carbocycles. The van der Waals surface area contributed by atoms with Gasteiger partial charge in [-0.05, 0) is 6.07 Å². The third-order valence-electron chi connectivity index (χ3n) is 6.28. The Hall–Kier alpha value is -2.10. The number of amides is 1. The minimum atomic E-state index is -5.36. The molecule has 1 amide bonds. The summed E-state index contributed by atoms with van der Waals surface area (Å²) in [5, 5.41) is 63.0. The van der Waals surface area contributed by atoms with Crippen LogP contribution in [-0.2, 0) is 32.7 Å². The molecule has 2 aliphatic rings. The molecule has 2 saturated heterocycles. The highest BCUT2D eigenvalue weighted by molar-refractivity contribution is 7.47. The van der Waals surface area contributed by atoms with Crippen molar-refractivity contribution in [1.29, 1.82) is 0 Å². The van der Waals surface area contributed by atoms with Gasteiger partial charge in [-0.2, -0.15) is 4.98 Å². The average Bonchev–Trinajstić information content (AvgIpc) is 3.20. The van der Waals surface area contributed by atoms with Crippen molar-refractivity contribution in [3.05, 3.63) is 22.7 Å². The van der Waals surface area contributed by atoms with E-state index >= 15 is 0 Å². The number of carbonyl (C=O) groups is 2. The van der Waals surface area contributed by atoms with E-state index in [9.17, 15) is 54.5 Å². The molecule has 5 unspecified atom stereocenters. The summed E-state index contributed by atoms with van der Waals surface area (Å²) in [4.78, 5) is 49.7. The van der Waals surface area contributed by atoms with Crippen molar-refractivity contribution in [2.24, 2.45) is 0 Å². The highest BCUT2D eigenvalue weighted by Crippen LogP contribution is 2.50. The molecule has 10 N–H and O–H groups in total. The van der Waals surface area contributed by atoms with Crippen molar-refractivity contribution in [2.75, 3.05) is 24.8 Å². The zero-order valence-electron chi connectivity index (χ0n) is 21.0. The van der Waals surface area contributed by atoms with Crippen LogP contribution in [0, 0.1) is 0 Å².